The molecule has 0 spiro atoms. The summed E-state index contributed by atoms with van der Waals surface area (Å²) in [5, 5.41) is 0. The molecular weight excluding hydrogens is 572 g/mol. The molecule has 3 rings (SSSR count). The number of esters is 1. The largest absolute Gasteiger partial charge is 0.487 e. The van der Waals surface area contributed by atoms with Crippen LogP contribution in [-0.2, 0) is 19.0 Å². The van der Waals surface area contributed by atoms with E-state index in [-0.39, 0.29) is 19.8 Å². The number of hydrogen-bond acceptors (Lipinski definition) is 8. The van der Waals surface area contributed by atoms with E-state index in [0.717, 1.165) is 12.8 Å². The van der Waals surface area contributed by atoms with Gasteiger partial charge in [-0.2, -0.15) is 0 Å². The molecule has 8 heteroatoms. The maximum absolute atomic E-state index is 12.5. The van der Waals surface area contributed by atoms with Crippen LogP contribution in [0.1, 0.15) is 97.3 Å². The van der Waals surface area contributed by atoms with Crippen molar-refractivity contribution < 1.29 is 38.0 Å². The lowest BCUT2D eigenvalue weighted by molar-refractivity contribution is -0.162. The van der Waals surface area contributed by atoms with Gasteiger partial charge in [0.25, 0.3) is 0 Å². The van der Waals surface area contributed by atoms with Crippen molar-refractivity contribution in [3.8, 4) is 23.0 Å². The van der Waals surface area contributed by atoms with Crippen LogP contribution in [0.5, 0.6) is 23.0 Å². The van der Waals surface area contributed by atoms with Crippen LogP contribution in [0.15, 0.2) is 48.5 Å². The highest BCUT2D eigenvalue weighted by Crippen LogP contribution is 2.32. The Balaban J connectivity index is 1.69. The molecule has 0 saturated carbocycles. The van der Waals surface area contributed by atoms with Crippen molar-refractivity contribution in [2.24, 2.45) is 0 Å². The van der Waals surface area contributed by atoms with Gasteiger partial charge >= 0.3 is 5.97 Å². The van der Waals surface area contributed by atoms with Gasteiger partial charge in [-0.05, 0) is 37.6 Å². The number of rotatable bonds is 17. The van der Waals surface area contributed by atoms with E-state index >= 15 is 0 Å². The molecule has 0 aromatic heterocycles. The molecule has 0 bridgehead atoms. The molecule has 0 fully saturated rings. The van der Waals surface area contributed by atoms with Gasteiger partial charge < -0.3 is 33.2 Å². The molecule has 0 N–H and O–H groups in total. The predicted octanol–water partition coefficient (Wildman–Crippen LogP) is 8.34. The number of carbonyl (C=O) groups excluding carboxylic acids is 1. The second kappa shape index (κ2) is 22.5. The standard InChI is InChI=1S/C37H56O8/c1-3-5-6-7-8-9-10-11-12-13-14-19-24-37(45-29-36(38)40-4-2)30-43-34-22-17-15-20-32(34)41-27-25-39-26-28-42-33-21-16-18-23-35(33)44-31-37/h15-18,20-23H,3-14,19,24-31H2,1-2H3. The third-order valence-corrected chi connectivity index (χ3v) is 7.94. The molecule has 0 saturated heterocycles. The Bertz CT molecular complexity index is 1000. The highest BCUT2D eigenvalue weighted by atomic mass is 16.6. The quantitative estimate of drug-likeness (QED) is 0.128. The number of para-hydroxylation sites is 4. The van der Waals surface area contributed by atoms with Crippen LogP contribution in [0.2, 0.25) is 0 Å². The SMILES string of the molecule is CCCCCCCCCCCCCCC1(OCC(=O)OCC)COc2ccccc2OCCOCCOc2ccccc2OC1. The van der Waals surface area contributed by atoms with Crippen LogP contribution in [0.4, 0.5) is 0 Å². The molecule has 0 radical (unpaired) electrons. The second-order valence-electron chi connectivity index (χ2n) is 11.7. The van der Waals surface area contributed by atoms with E-state index in [9.17, 15) is 4.79 Å². The first-order valence-electron chi connectivity index (χ1n) is 17.2. The minimum Gasteiger partial charge on any atom is -0.487 e. The Hall–Kier alpha value is -2.97. The molecule has 2 aromatic rings. The Morgan fingerprint density at radius 3 is 1.53 bits per heavy atom. The van der Waals surface area contributed by atoms with Gasteiger partial charge in [-0.3, -0.25) is 0 Å². The second-order valence-corrected chi connectivity index (χ2v) is 11.7. The summed E-state index contributed by atoms with van der Waals surface area (Å²) in [6, 6.07) is 15.1. The van der Waals surface area contributed by atoms with E-state index in [2.05, 4.69) is 6.92 Å². The average Bonchev–Trinajstić information content (AvgIpc) is 3.06. The van der Waals surface area contributed by atoms with Crippen molar-refractivity contribution >= 4 is 5.97 Å². The third-order valence-electron chi connectivity index (χ3n) is 7.94. The van der Waals surface area contributed by atoms with Gasteiger partial charge in [0, 0.05) is 0 Å². The maximum atomic E-state index is 12.5. The van der Waals surface area contributed by atoms with Crippen LogP contribution >= 0.6 is 0 Å². The third kappa shape index (κ3) is 14.8. The monoisotopic (exact) mass is 628 g/mol. The molecule has 1 heterocycles. The van der Waals surface area contributed by atoms with Crippen molar-refractivity contribution in [2.75, 3.05) is 52.9 Å². The number of hydrogen-bond donors (Lipinski definition) is 0. The van der Waals surface area contributed by atoms with Crippen molar-refractivity contribution in [3.05, 3.63) is 48.5 Å². The van der Waals surface area contributed by atoms with Gasteiger partial charge in [-0.25, -0.2) is 4.79 Å². The minimum absolute atomic E-state index is 0.171. The molecule has 0 unspecified atom stereocenters. The molecular formula is C37H56O8. The minimum atomic E-state index is -0.911. The van der Waals surface area contributed by atoms with E-state index in [0.29, 0.717) is 62.5 Å². The zero-order valence-corrected chi connectivity index (χ0v) is 27.7. The van der Waals surface area contributed by atoms with Crippen LogP contribution < -0.4 is 18.9 Å². The van der Waals surface area contributed by atoms with Crippen LogP contribution in [-0.4, -0.2) is 64.4 Å². The lowest BCUT2D eigenvalue weighted by Crippen LogP contribution is -2.46. The number of fused-ring (bicyclic) bond motifs is 2. The topological polar surface area (TPSA) is 81.7 Å². The molecule has 252 valence electrons. The zero-order valence-electron chi connectivity index (χ0n) is 27.7. The summed E-state index contributed by atoms with van der Waals surface area (Å²) in [6.45, 7) is 6.09. The molecule has 1 aliphatic rings. The predicted molar refractivity (Wildman–Crippen MR) is 177 cm³/mol. The first-order chi connectivity index (χ1) is 22.2. The van der Waals surface area contributed by atoms with Gasteiger partial charge in [0.15, 0.2) is 23.0 Å². The average molecular weight is 629 g/mol. The van der Waals surface area contributed by atoms with Gasteiger partial charge in [0.2, 0.25) is 0 Å². The Morgan fingerprint density at radius 1 is 0.622 bits per heavy atom. The van der Waals surface area contributed by atoms with E-state index in [4.69, 9.17) is 33.2 Å². The molecule has 1 aliphatic heterocycles. The Morgan fingerprint density at radius 2 is 1.07 bits per heavy atom. The highest BCUT2D eigenvalue weighted by molar-refractivity contribution is 5.70. The van der Waals surface area contributed by atoms with Gasteiger partial charge in [0.05, 0.1) is 19.8 Å². The molecule has 2 aromatic carbocycles. The summed E-state index contributed by atoms with van der Waals surface area (Å²) in [7, 11) is 0. The van der Waals surface area contributed by atoms with Crippen molar-refractivity contribution in [3.63, 3.8) is 0 Å². The van der Waals surface area contributed by atoms with Gasteiger partial charge in [0.1, 0.15) is 38.6 Å². The fraction of sp³-hybridized carbons (Fsp3) is 0.649. The molecule has 0 atom stereocenters. The summed E-state index contributed by atoms with van der Waals surface area (Å²) in [6.07, 6.45) is 15.7. The lowest BCUT2D eigenvalue weighted by atomic mass is 9.96. The Labute approximate surface area is 271 Å². The van der Waals surface area contributed by atoms with Gasteiger partial charge in [-0.1, -0.05) is 108 Å². The molecule has 0 amide bonds. The maximum Gasteiger partial charge on any atom is 0.332 e. The van der Waals surface area contributed by atoms with Crippen LogP contribution in [0.25, 0.3) is 0 Å². The fourth-order valence-electron chi connectivity index (χ4n) is 5.36. The molecule has 8 nitrogen and oxygen atoms in total. The molecule has 45 heavy (non-hydrogen) atoms. The summed E-state index contributed by atoms with van der Waals surface area (Å²) >= 11 is 0. The van der Waals surface area contributed by atoms with E-state index in [1.807, 2.05) is 48.5 Å². The fourth-order valence-corrected chi connectivity index (χ4v) is 5.36. The molecule has 0 aliphatic carbocycles. The number of benzene rings is 2. The van der Waals surface area contributed by atoms with Gasteiger partial charge in [-0.15, -0.1) is 0 Å². The summed E-state index contributed by atoms with van der Waals surface area (Å²) < 4.78 is 42.0. The first kappa shape index (κ1) is 36.5. The lowest BCUT2D eigenvalue weighted by Gasteiger charge is -2.34. The number of unbranched alkanes of at least 4 members (excludes halogenated alkanes) is 11. The smallest absolute Gasteiger partial charge is 0.332 e. The normalized spacial score (nSPS) is 15.3. The van der Waals surface area contributed by atoms with Crippen molar-refractivity contribution in [1.29, 1.82) is 0 Å². The summed E-state index contributed by atoms with van der Waals surface area (Å²) in [5.41, 5.74) is -0.911. The van der Waals surface area contributed by atoms with Crippen LogP contribution in [0, 0.1) is 0 Å². The van der Waals surface area contributed by atoms with Crippen molar-refractivity contribution in [1.82, 2.24) is 0 Å². The zero-order chi connectivity index (χ0) is 31.8. The number of carbonyl (C=O) groups is 1. The summed E-state index contributed by atoms with van der Waals surface area (Å²) in [5.74, 6) is 2.05. The van der Waals surface area contributed by atoms with E-state index in [1.54, 1.807) is 6.92 Å². The first-order valence-corrected chi connectivity index (χ1v) is 17.2. The Kier molecular flexibility index (Phi) is 18.3. The van der Waals surface area contributed by atoms with Crippen molar-refractivity contribution in [2.45, 2.75) is 103 Å². The highest BCUT2D eigenvalue weighted by Gasteiger charge is 2.35. The number of ether oxygens (including phenoxy) is 7. The van der Waals surface area contributed by atoms with E-state index in [1.165, 1.54) is 64.2 Å². The van der Waals surface area contributed by atoms with Crippen LogP contribution in [0.3, 0.4) is 0 Å². The van der Waals surface area contributed by atoms with E-state index < -0.39 is 11.6 Å². The summed E-state index contributed by atoms with van der Waals surface area (Å²) in [4.78, 5) is 12.5.